The third kappa shape index (κ3) is 3.53. The molecule has 112 valence electrons. The Bertz CT molecular complexity index is 451. The second kappa shape index (κ2) is 6.15. The quantitative estimate of drug-likeness (QED) is 0.895. The van der Waals surface area contributed by atoms with Crippen LogP contribution < -0.4 is 10.1 Å². The molecule has 0 aliphatic heterocycles. The van der Waals surface area contributed by atoms with Crippen LogP contribution in [0, 0.1) is 5.41 Å². The zero-order chi connectivity index (χ0) is 14.8. The van der Waals surface area contributed by atoms with Crippen molar-refractivity contribution in [2.45, 2.75) is 45.8 Å². The number of nitrogens with one attached hydrogen (secondary N) is 1. The Balaban J connectivity index is 2.03. The minimum absolute atomic E-state index is 0.226. The van der Waals surface area contributed by atoms with Crippen molar-refractivity contribution in [2.24, 2.45) is 5.41 Å². The number of hydrogen-bond acceptors (Lipinski definition) is 3. The highest BCUT2D eigenvalue weighted by Crippen LogP contribution is 2.35. The van der Waals surface area contributed by atoms with Crippen LogP contribution in [0.15, 0.2) is 18.2 Å². The van der Waals surface area contributed by atoms with Crippen molar-refractivity contribution in [2.75, 3.05) is 20.8 Å². The van der Waals surface area contributed by atoms with E-state index in [4.69, 9.17) is 9.47 Å². The monoisotopic (exact) mass is 277 g/mol. The highest BCUT2D eigenvalue weighted by atomic mass is 16.5. The lowest BCUT2D eigenvalue weighted by atomic mass is 9.93. The Morgan fingerprint density at radius 2 is 2.05 bits per heavy atom. The second-order valence-electron chi connectivity index (χ2n) is 6.76. The van der Waals surface area contributed by atoms with Gasteiger partial charge in [-0.15, -0.1) is 0 Å². The lowest BCUT2D eigenvalue weighted by Gasteiger charge is -2.23. The van der Waals surface area contributed by atoms with Gasteiger partial charge in [0.1, 0.15) is 5.75 Å². The molecule has 20 heavy (non-hydrogen) atoms. The van der Waals surface area contributed by atoms with E-state index in [2.05, 4.69) is 38.2 Å². The normalized spacial score (nSPS) is 21.9. The molecule has 1 N–H and O–H groups in total. The van der Waals surface area contributed by atoms with Crippen molar-refractivity contribution < 1.29 is 9.47 Å². The Hall–Kier alpha value is -1.06. The van der Waals surface area contributed by atoms with Crippen molar-refractivity contribution in [1.82, 2.24) is 5.32 Å². The fraction of sp³-hybridized carbons (Fsp3) is 0.647. The van der Waals surface area contributed by atoms with Crippen molar-refractivity contribution in [3.05, 3.63) is 29.3 Å². The van der Waals surface area contributed by atoms with Crippen LogP contribution in [0.2, 0.25) is 0 Å². The largest absolute Gasteiger partial charge is 0.497 e. The van der Waals surface area contributed by atoms with Gasteiger partial charge in [-0.05, 0) is 42.1 Å². The van der Waals surface area contributed by atoms with Gasteiger partial charge in [0.2, 0.25) is 0 Å². The first kappa shape index (κ1) is 15.3. The summed E-state index contributed by atoms with van der Waals surface area (Å²) in [7, 11) is 3.71. The Kier molecular flexibility index (Phi) is 4.71. The van der Waals surface area contributed by atoms with Crippen LogP contribution in [0.4, 0.5) is 0 Å². The summed E-state index contributed by atoms with van der Waals surface area (Å²) in [5.41, 5.74) is 3.00. The van der Waals surface area contributed by atoms with Gasteiger partial charge in [-0.25, -0.2) is 0 Å². The molecule has 0 saturated carbocycles. The van der Waals surface area contributed by atoms with Crippen LogP contribution in [0.3, 0.4) is 0 Å². The fourth-order valence-electron chi connectivity index (χ4n) is 2.72. The summed E-state index contributed by atoms with van der Waals surface area (Å²) in [6.45, 7) is 7.57. The van der Waals surface area contributed by atoms with E-state index < -0.39 is 0 Å². The number of methoxy groups -OCH3 is 1. The summed E-state index contributed by atoms with van der Waals surface area (Å²) in [5.74, 6) is 0.916. The van der Waals surface area contributed by atoms with Crippen molar-refractivity contribution in [1.29, 1.82) is 0 Å². The molecule has 2 rings (SSSR count). The van der Waals surface area contributed by atoms with Gasteiger partial charge in [0.15, 0.2) is 0 Å². The third-order valence-corrected chi connectivity index (χ3v) is 3.98. The van der Waals surface area contributed by atoms with E-state index in [1.807, 2.05) is 13.1 Å². The maximum atomic E-state index is 6.14. The van der Waals surface area contributed by atoms with E-state index in [0.29, 0.717) is 5.41 Å². The van der Waals surface area contributed by atoms with Crippen molar-refractivity contribution in [3.8, 4) is 5.75 Å². The number of likely N-dealkylation sites (N-methyl/N-ethyl adjacent to an activating group) is 1. The lowest BCUT2D eigenvalue weighted by Crippen LogP contribution is -2.29. The average molecular weight is 277 g/mol. The van der Waals surface area contributed by atoms with E-state index in [9.17, 15) is 0 Å². The third-order valence-electron chi connectivity index (χ3n) is 3.98. The van der Waals surface area contributed by atoms with Crippen LogP contribution in [0.5, 0.6) is 5.75 Å². The van der Waals surface area contributed by atoms with E-state index in [1.54, 1.807) is 7.11 Å². The molecule has 0 saturated heterocycles. The molecular weight excluding hydrogens is 250 g/mol. The molecule has 1 aromatic carbocycles. The molecule has 0 bridgehead atoms. The minimum Gasteiger partial charge on any atom is -0.497 e. The van der Waals surface area contributed by atoms with Gasteiger partial charge in [-0.1, -0.05) is 26.8 Å². The van der Waals surface area contributed by atoms with E-state index >= 15 is 0 Å². The van der Waals surface area contributed by atoms with Crippen LogP contribution in [-0.2, 0) is 11.2 Å². The molecule has 0 heterocycles. The minimum atomic E-state index is 0.226. The molecule has 1 aliphatic rings. The van der Waals surface area contributed by atoms with E-state index in [1.165, 1.54) is 11.1 Å². The van der Waals surface area contributed by atoms with Crippen molar-refractivity contribution in [3.63, 3.8) is 0 Å². The zero-order valence-corrected chi connectivity index (χ0v) is 13.3. The highest BCUT2D eigenvalue weighted by molar-refractivity contribution is 5.42. The van der Waals surface area contributed by atoms with Gasteiger partial charge >= 0.3 is 0 Å². The lowest BCUT2D eigenvalue weighted by molar-refractivity contribution is 0.0230. The fourth-order valence-corrected chi connectivity index (χ4v) is 2.72. The predicted molar refractivity (Wildman–Crippen MR) is 82.3 cm³/mol. The van der Waals surface area contributed by atoms with Gasteiger partial charge in [0.05, 0.1) is 19.3 Å². The molecule has 0 fully saturated rings. The van der Waals surface area contributed by atoms with Crippen LogP contribution in [-0.4, -0.2) is 26.9 Å². The van der Waals surface area contributed by atoms with Gasteiger partial charge < -0.3 is 14.8 Å². The predicted octanol–water partition coefficient (Wildman–Crippen LogP) is 3.33. The SMILES string of the molecule is CNC1c2cc(OC)ccc2CC1OCCC(C)(C)C. The Morgan fingerprint density at radius 1 is 1.30 bits per heavy atom. The van der Waals surface area contributed by atoms with Crippen molar-refractivity contribution >= 4 is 0 Å². The Labute approximate surface area is 122 Å². The number of hydrogen-bond donors (Lipinski definition) is 1. The van der Waals surface area contributed by atoms with E-state index in [0.717, 1.165) is 25.2 Å². The van der Waals surface area contributed by atoms with E-state index in [-0.39, 0.29) is 12.1 Å². The first-order chi connectivity index (χ1) is 9.44. The molecule has 0 radical (unpaired) electrons. The first-order valence-corrected chi connectivity index (χ1v) is 7.40. The van der Waals surface area contributed by atoms with Gasteiger partial charge in [-0.3, -0.25) is 0 Å². The van der Waals surface area contributed by atoms with Gasteiger partial charge in [0, 0.05) is 13.0 Å². The summed E-state index contributed by atoms with van der Waals surface area (Å²) in [6.07, 6.45) is 2.29. The zero-order valence-electron chi connectivity index (χ0n) is 13.3. The average Bonchev–Trinajstić information content (AvgIpc) is 2.73. The molecule has 0 amide bonds. The standard InChI is InChI=1S/C17H27NO2/c1-17(2,3)8-9-20-15-10-12-6-7-13(19-5)11-14(12)16(15)18-4/h6-7,11,15-16,18H,8-10H2,1-5H3. The van der Waals surface area contributed by atoms with Crippen LogP contribution >= 0.6 is 0 Å². The first-order valence-electron chi connectivity index (χ1n) is 7.40. The summed E-state index contributed by atoms with van der Waals surface area (Å²) >= 11 is 0. The number of ether oxygens (including phenoxy) is 2. The highest BCUT2D eigenvalue weighted by Gasteiger charge is 2.32. The van der Waals surface area contributed by atoms with Crippen LogP contribution in [0.25, 0.3) is 0 Å². The number of rotatable bonds is 5. The van der Waals surface area contributed by atoms with Crippen LogP contribution in [0.1, 0.15) is 44.4 Å². The molecule has 0 spiro atoms. The molecular formula is C17H27NO2. The molecule has 1 aliphatic carbocycles. The second-order valence-corrected chi connectivity index (χ2v) is 6.76. The molecule has 1 aromatic rings. The molecule has 3 heteroatoms. The van der Waals surface area contributed by atoms with Gasteiger partial charge in [-0.2, -0.15) is 0 Å². The number of benzene rings is 1. The number of fused-ring (bicyclic) bond motifs is 1. The summed E-state index contributed by atoms with van der Waals surface area (Å²) in [5, 5.41) is 3.39. The molecule has 2 atom stereocenters. The Morgan fingerprint density at radius 3 is 2.65 bits per heavy atom. The summed E-state index contributed by atoms with van der Waals surface area (Å²) in [6, 6.07) is 6.58. The maximum absolute atomic E-state index is 6.14. The summed E-state index contributed by atoms with van der Waals surface area (Å²) < 4.78 is 11.5. The van der Waals surface area contributed by atoms with Gasteiger partial charge in [0.25, 0.3) is 0 Å². The summed E-state index contributed by atoms with van der Waals surface area (Å²) in [4.78, 5) is 0. The molecule has 3 nitrogen and oxygen atoms in total. The topological polar surface area (TPSA) is 30.5 Å². The smallest absolute Gasteiger partial charge is 0.119 e. The maximum Gasteiger partial charge on any atom is 0.119 e. The molecule has 2 unspecified atom stereocenters. The molecule has 0 aromatic heterocycles.